The summed E-state index contributed by atoms with van der Waals surface area (Å²) in [6, 6.07) is 0. The molecule has 0 bridgehead atoms. The van der Waals surface area contributed by atoms with Crippen LogP contribution in [0.3, 0.4) is 0 Å². The third-order valence-electron chi connectivity index (χ3n) is 0. The Hall–Kier alpha value is 5.05. The molecule has 0 saturated heterocycles. The van der Waals surface area contributed by atoms with Gasteiger partial charge in [0.05, 0.1) is 0 Å². The molecule has 0 aliphatic heterocycles. The molecule has 0 rings (SSSR count). The summed E-state index contributed by atoms with van der Waals surface area (Å²) in [6.07, 6.45) is 0. The minimum atomic E-state index is -3.69. The molecular weight excluding hydrogens is 216 g/mol. The molecule has 30 valence electrons. The van der Waals surface area contributed by atoms with E-state index in [1.807, 2.05) is 0 Å². The van der Waals surface area contributed by atoms with Crippen LogP contribution in [0.1, 0.15) is 4.28 Å². The maximum atomic E-state index is 8.67. The number of hydrogen-bond acceptors (Lipinski definition) is 2. The molecule has 0 fully saturated rings. The molecule has 0 heterocycles. The zero-order valence-corrected chi connectivity index (χ0v) is 15.5. The second-order valence-electron chi connectivity index (χ2n) is 0.238. The van der Waals surface area contributed by atoms with Crippen molar-refractivity contribution in [2.75, 3.05) is 0 Å². The van der Waals surface area contributed by atoms with Crippen molar-refractivity contribution in [3.8, 4) is 0 Å². The van der Waals surface area contributed by atoms with Gasteiger partial charge in [-0.05, 0) is 0 Å². The molecule has 0 atom stereocenters. The molecular formula is H4K3O3V. The first kappa shape index (κ1) is 22.7. The van der Waals surface area contributed by atoms with Crippen LogP contribution in [-0.4, -0.2) is 4.03 Å². The van der Waals surface area contributed by atoms with Crippen LogP contribution in [0.25, 0.3) is 0 Å². The van der Waals surface area contributed by atoms with Crippen molar-refractivity contribution >= 4 is 0 Å². The van der Waals surface area contributed by atoms with Crippen LogP contribution in [0.15, 0.2) is 0 Å². The first-order valence-electron chi connectivity index (χ1n) is 0.565. The van der Waals surface area contributed by atoms with Crippen LogP contribution in [0.2, 0.25) is 0 Å². The van der Waals surface area contributed by atoms with Gasteiger partial charge in [-0.2, -0.15) is 0 Å². The summed E-state index contributed by atoms with van der Waals surface area (Å²) >= 11 is -3.69. The van der Waals surface area contributed by atoms with Gasteiger partial charge in [-0.25, -0.2) is 0 Å². The van der Waals surface area contributed by atoms with Crippen LogP contribution >= 0.6 is 0 Å². The van der Waals surface area contributed by atoms with Crippen molar-refractivity contribution < 1.29 is 185 Å². The van der Waals surface area contributed by atoms with E-state index in [1.165, 1.54) is 0 Å². The Kier molecular flexibility index (Phi) is 55.9. The third-order valence-corrected chi connectivity index (χ3v) is 0. The Morgan fingerprint density at radius 1 is 1.14 bits per heavy atom. The standard InChI is InChI=1S/3K.H2O.2O.V.3H/h;;;1H2;;;;;;/q3*+1;;;;+1;3*-1/p-1. The van der Waals surface area contributed by atoms with Gasteiger partial charge in [0.15, 0.2) is 0 Å². The predicted octanol–water partition coefficient (Wildman–Crippen LogP) is -9.45. The number of hydrogen-bond donors (Lipinski definition) is 1. The van der Waals surface area contributed by atoms with Crippen molar-refractivity contribution in [3.63, 3.8) is 0 Å². The van der Waals surface area contributed by atoms with E-state index in [0.29, 0.717) is 0 Å². The van der Waals surface area contributed by atoms with Gasteiger partial charge in [0, 0.05) is 0 Å². The van der Waals surface area contributed by atoms with E-state index in [2.05, 4.69) is 0 Å². The first-order valence-corrected chi connectivity index (χ1v) is 2.33. The van der Waals surface area contributed by atoms with Crippen molar-refractivity contribution in [3.05, 3.63) is 0 Å². The Morgan fingerprint density at radius 2 is 1.14 bits per heavy atom. The molecule has 3 nitrogen and oxygen atoms in total. The van der Waals surface area contributed by atoms with Crippen LogP contribution in [-0.2, 0) is 22.7 Å². The molecule has 7 heteroatoms. The van der Waals surface area contributed by atoms with Crippen LogP contribution < -0.4 is 154 Å². The Bertz CT molecular complexity index is 67.4. The van der Waals surface area contributed by atoms with Crippen molar-refractivity contribution in [1.29, 1.82) is 0 Å². The zero-order valence-electron chi connectivity index (χ0n) is 7.71. The zero-order chi connectivity index (χ0) is 3.58. The van der Waals surface area contributed by atoms with Crippen molar-refractivity contribution in [1.82, 2.24) is 0 Å². The fraction of sp³-hybridized carbons (Fsp3) is 0. The monoisotopic (exact) mass is 220 g/mol. The molecule has 0 aromatic rings. The number of rotatable bonds is 0. The molecule has 0 aromatic heterocycles. The van der Waals surface area contributed by atoms with E-state index in [-0.39, 0.29) is 158 Å². The molecule has 0 aliphatic rings. The summed E-state index contributed by atoms with van der Waals surface area (Å²) in [6.45, 7) is 0. The normalized spacial score (nSPS) is 3.57. The fourth-order valence-electron chi connectivity index (χ4n) is 0. The van der Waals surface area contributed by atoms with E-state index in [9.17, 15) is 0 Å². The van der Waals surface area contributed by atoms with Gasteiger partial charge in [-0.1, -0.05) is 0 Å². The maximum absolute atomic E-state index is 8.67. The topological polar surface area (TPSA) is 54.4 Å². The van der Waals surface area contributed by atoms with E-state index < -0.39 is 15.4 Å². The summed E-state index contributed by atoms with van der Waals surface area (Å²) in [5, 5.41) is 0. The Morgan fingerprint density at radius 3 is 1.14 bits per heavy atom. The van der Waals surface area contributed by atoms with Crippen molar-refractivity contribution in [2.45, 2.75) is 0 Å². The van der Waals surface area contributed by atoms with E-state index in [1.54, 1.807) is 0 Å². The van der Waals surface area contributed by atoms with Gasteiger partial charge in [0.25, 0.3) is 0 Å². The molecule has 0 radical (unpaired) electrons. The van der Waals surface area contributed by atoms with Crippen LogP contribution in [0, 0.1) is 0 Å². The predicted molar refractivity (Wildman–Crippen MR) is 6.93 cm³/mol. The molecule has 0 spiro atoms. The second kappa shape index (κ2) is 17.2. The minimum absolute atomic E-state index is 0. The van der Waals surface area contributed by atoms with Gasteiger partial charge in [0.1, 0.15) is 0 Å². The van der Waals surface area contributed by atoms with E-state index >= 15 is 0 Å². The summed E-state index contributed by atoms with van der Waals surface area (Å²) in [4.78, 5) is 0. The second-order valence-corrected chi connectivity index (χ2v) is 0.981. The fourth-order valence-corrected chi connectivity index (χ4v) is 0. The van der Waals surface area contributed by atoms with Crippen LogP contribution in [0.5, 0.6) is 0 Å². The van der Waals surface area contributed by atoms with Gasteiger partial charge in [-0.15, -0.1) is 0 Å². The molecule has 0 aromatic carbocycles. The molecule has 0 saturated carbocycles. The van der Waals surface area contributed by atoms with Gasteiger partial charge in [0.2, 0.25) is 0 Å². The van der Waals surface area contributed by atoms with E-state index in [4.69, 9.17) is 11.4 Å². The molecule has 0 unspecified atom stereocenters. The molecule has 1 N–H and O–H groups in total. The quantitative estimate of drug-likeness (QED) is 0.413. The van der Waals surface area contributed by atoms with Gasteiger partial charge < -0.3 is 4.28 Å². The molecule has 0 aliphatic carbocycles. The third kappa shape index (κ3) is 35.5. The van der Waals surface area contributed by atoms with E-state index in [0.717, 1.165) is 0 Å². The SMILES string of the molecule is [H-].[H-].[H-].[K+].[K+].[K+].[O]=[V](=[O])[OH]. The summed E-state index contributed by atoms with van der Waals surface area (Å²) in [5.74, 6) is 0. The Balaban J connectivity index is -0.00000000300. The van der Waals surface area contributed by atoms with Gasteiger partial charge >= 0.3 is 181 Å². The first-order chi connectivity index (χ1) is 1.73. The summed E-state index contributed by atoms with van der Waals surface area (Å²) < 4.78 is 24.4. The summed E-state index contributed by atoms with van der Waals surface area (Å²) in [7, 11) is 0. The molecule has 0 amide bonds. The summed E-state index contributed by atoms with van der Waals surface area (Å²) in [5.41, 5.74) is 0. The van der Waals surface area contributed by atoms with Gasteiger partial charge in [-0.3, -0.25) is 0 Å². The van der Waals surface area contributed by atoms with Crippen LogP contribution in [0.4, 0.5) is 0 Å². The Labute approximate surface area is 179 Å². The average Bonchev–Trinajstić information content (AvgIpc) is 0.811. The average molecular weight is 220 g/mol. The molecule has 7 heavy (non-hydrogen) atoms. The van der Waals surface area contributed by atoms with Crippen molar-refractivity contribution in [2.24, 2.45) is 0 Å².